The van der Waals surface area contributed by atoms with Crippen LogP contribution in [0.15, 0.2) is 36.5 Å². The molecule has 0 radical (unpaired) electrons. The predicted octanol–water partition coefficient (Wildman–Crippen LogP) is 3.69. The summed E-state index contributed by atoms with van der Waals surface area (Å²) < 4.78 is 3.38. The Hall–Kier alpha value is -2.31. The molecule has 0 aliphatic rings. The molecular formula is C17H17Cl2N5O. The van der Waals surface area contributed by atoms with E-state index in [2.05, 4.69) is 15.5 Å². The molecule has 0 unspecified atom stereocenters. The van der Waals surface area contributed by atoms with Crippen LogP contribution in [0.4, 0.5) is 5.82 Å². The van der Waals surface area contributed by atoms with Crippen LogP contribution in [-0.4, -0.2) is 25.5 Å². The van der Waals surface area contributed by atoms with Crippen molar-refractivity contribution in [3.8, 4) is 0 Å². The van der Waals surface area contributed by atoms with Gasteiger partial charge in [-0.3, -0.25) is 14.2 Å². The average Bonchev–Trinajstić information content (AvgIpc) is 3.06. The molecule has 130 valence electrons. The maximum absolute atomic E-state index is 12.2. The molecule has 0 aliphatic heterocycles. The van der Waals surface area contributed by atoms with Crippen LogP contribution < -0.4 is 5.32 Å². The average molecular weight is 378 g/mol. The fraction of sp³-hybridized carbons (Fsp3) is 0.235. The molecule has 1 aromatic carbocycles. The largest absolute Gasteiger partial charge is 0.308 e. The third kappa shape index (κ3) is 4.21. The van der Waals surface area contributed by atoms with E-state index in [0.29, 0.717) is 22.4 Å². The van der Waals surface area contributed by atoms with E-state index >= 15 is 0 Å². The minimum atomic E-state index is -0.209. The van der Waals surface area contributed by atoms with E-state index in [4.69, 9.17) is 23.2 Å². The molecule has 0 saturated carbocycles. The van der Waals surface area contributed by atoms with Crippen LogP contribution in [0.1, 0.15) is 17.0 Å². The Balaban J connectivity index is 1.66. The summed E-state index contributed by atoms with van der Waals surface area (Å²) in [4.78, 5) is 12.2. The molecule has 2 heterocycles. The van der Waals surface area contributed by atoms with Gasteiger partial charge in [0.25, 0.3) is 0 Å². The Labute approximate surface area is 155 Å². The van der Waals surface area contributed by atoms with Gasteiger partial charge < -0.3 is 5.32 Å². The van der Waals surface area contributed by atoms with Crippen LogP contribution in [0.2, 0.25) is 10.0 Å². The molecule has 25 heavy (non-hydrogen) atoms. The molecule has 0 saturated heterocycles. The number of carbonyl (C=O) groups excluding carboxylic acids is 1. The van der Waals surface area contributed by atoms with Gasteiger partial charge in [-0.05, 0) is 31.5 Å². The van der Waals surface area contributed by atoms with Gasteiger partial charge in [-0.15, -0.1) is 0 Å². The quantitative estimate of drug-likeness (QED) is 0.737. The topological polar surface area (TPSA) is 64.7 Å². The first-order valence-electron chi connectivity index (χ1n) is 7.69. The monoisotopic (exact) mass is 377 g/mol. The van der Waals surface area contributed by atoms with Gasteiger partial charge in [-0.25, -0.2) is 0 Å². The summed E-state index contributed by atoms with van der Waals surface area (Å²) in [5.41, 5.74) is 2.78. The number of aryl methyl sites for hydroxylation is 1. The number of aromatic nitrogens is 4. The Kier molecular flexibility index (Phi) is 5.11. The first-order valence-corrected chi connectivity index (χ1v) is 8.44. The zero-order chi connectivity index (χ0) is 18.0. The first kappa shape index (κ1) is 17.5. The zero-order valence-electron chi connectivity index (χ0n) is 13.8. The zero-order valence-corrected chi connectivity index (χ0v) is 15.3. The van der Waals surface area contributed by atoms with E-state index in [9.17, 15) is 4.79 Å². The van der Waals surface area contributed by atoms with Crippen LogP contribution in [0.5, 0.6) is 0 Å². The molecule has 0 bridgehead atoms. The number of halogens is 2. The summed E-state index contributed by atoms with van der Waals surface area (Å²) in [6, 6.07) is 9.42. The van der Waals surface area contributed by atoms with Gasteiger partial charge in [0.1, 0.15) is 6.54 Å². The molecule has 1 amide bonds. The Morgan fingerprint density at radius 2 is 1.88 bits per heavy atom. The van der Waals surface area contributed by atoms with Crippen molar-refractivity contribution in [2.45, 2.75) is 26.9 Å². The lowest BCUT2D eigenvalue weighted by atomic mass is 10.2. The minimum absolute atomic E-state index is 0.0850. The summed E-state index contributed by atoms with van der Waals surface area (Å²) >= 11 is 11.8. The molecule has 0 spiro atoms. The van der Waals surface area contributed by atoms with E-state index in [1.54, 1.807) is 4.68 Å². The van der Waals surface area contributed by atoms with Crippen molar-refractivity contribution < 1.29 is 4.79 Å². The molecule has 0 fully saturated rings. The summed E-state index contributed by atoms with van der Waals surface area (Å²) in [5, 5.41) is 12.5. The SMILES string of the molecule is Cc1cc(NC(=O)Cn2ncc(Cl)c2C)nn1Cc1ccc(Cl)cc1. The molecule has 3 rings (SSSR count). The third-order valence-electron chi connectivity index (χ3n) is 3.83. The van der Waals surface area contributed by atoms with Crippen molar-refractivity contribution in [3.63, 3.8) is 0 Å². The minimum Gasteiger partial charge on any atom is -0.308 e. The predicted molar refractivity (Wildman–Crippen MR) is 98.1 cm³/mol. The molecular weight excluding hydrogens is 361 g/mol. The van der Waals surface area contributed by atoms with Crippen LogP contribution in [-0.2, 0) is 17.9 Å². The van der Waals surface area contributed by atoms with Gasteiger partial charge in [0.05, 0.1) is 23.5 Å². The van der Waals surface area contributed by atoms with Gasteiger partial charge in [-0.1, -0.05) is 35.3 Å². The Morgan fingerprint density at radius 3 is 2.52 bits per heavy atom. The first-order chi connectivity index (χ1) is 11.9. The summed E-state index contributed by atoms with van der Waals surface area (Å²) in [6.45, 7) is 4.44. The number of amides is 1. The van der Waals surface area contributed by atoms with E-state index < -0.39 is 0 Å². The number of anilines is 1. The molecule has 1 N–H and O–H groups in total. The lowest BCUT2D eigenvalue weighted by molar-refractivity contribution is -0.117. The Bertz CT molecular complexity index is 898. The second-order valence-corrected chi connectivity index (χ2v) is 6.58. The van der Waals surface area contributed by atoms with Crippen molar-refractivity contribution in [1.82, 2.24) is 19.6 Å². The fourth-order valence-corrected chi connectivity index (χ4v) is 2.66. The van der Waals surface area contributed by atoms with Crippen molar-refractivity contribution >= 4 is 34.9 Å². The van der Waals surface area contributed by atoms with Crippen molar-refractivity contribution in [3.05, 3.63) is 63.5 Å². The summed E-state index contributed by atoms with van der Waals surface area (Å²) in [6.07, 6.45) is 1.52. The highest BCUT2D eigenvalue weighted by atomic mass is 35.5. The maximum atomic E-state index is 12.2. The number of nitrogens with zero attached hydrogens (tertiary/aromatic N) is 4. The van der Waals surface area contributed by atoms with E-state index in [1.165, 1.54) is 6.20 Å². The second-order valence-electron chi connectivity index (χ2n) is 5.74. The number of hydrogen-bond acceptors (Lipinski definition) is 3. The van der Waals surface area contributed by atoms with Crippen molar-refractivity contribution in [1.29, 1.82) is 0 Å². The lowest BCUT2D eigenvalue weighted by Gasteiger charge is -2.05. The van der Waals surface area contributed by atoms with Crippen LogP contribution in [0, 0.1) is 13.8 Å². The van der Waals surface area contributed by atoms with Gasteiger partial charge in [0, 0.05) is 16.8 Å². The smallest absolute Gasteiger partial charge is 0.247 e. The maximum Gasteiger partial charge on any atom is 0.247 e. The van der Waals surface area contributed by atoms with E-state index in [0.717, 1.165) is 17.0 Å². The fourth-order valence-electron chi connectivity index (χ4n) is 2.40. The summed E-state index contributed by atoms with van der Waals surface area (Å²) in [5.74, 6) is 0.298. The van der Waals surface area contributed by atoms with Crippen molar-refractivity contribution in [2.75, 3.05) is 5.32 Å². The molecule has 8 heteroatoms. The number of hydrogen-bond donors (Lipinski definition) is 1. The van der Waals surface area contributed by atoms with Crippen molar-refractivity contribution in [2.24, 2.45) is 0 Å². The number of rotatable bonds is 5. The molecule has 2 aromatic heterocycles. The van der Waals surface area contributed by atoms with Gasteiger partial charge in [-0.2, -0.15) is 10.2 Å². The Morgan fingerprint density at radius 1 is 1.16 bits per heavy atom. The highest BCUT2D eigenvalue weighted by Gasteiger charge is 2.12. The van der Waals surface area contributed by atoms with Crippen LogP contribution in [0.25, 0.3) is 0 Å². The van der Waals surface area contributed by atoms with Crippen LogP contribution in [0.3, 0.4) is 0 Å². The standard InChI is InChI=1S/C17H17Cl2N5O/c1-11-7-16(21-17(25)10-24-12(2)15(19)8-20-24)22-23(11)9-13-3-5-14(18)6-4-13/h3-8H,9-10H2,1-2H3,(H,21,22,25). The van der Waals surface area contributed by atoms with E-state index in [1.807, 2.05) is 48.9 Å². The lowest BCUT2D eigenvalue weighted by Crippen LogP contribution is -2.20. The number of benzene rings is 1. The van der Waals surface area contributed by atoms with Crippen LogP contribution >= 0.6 is 23.2 Å². The third-order valence-corrected chi connectivity index (χ3v) is 4.45. The second kappa shape index (κ2) is 7.29. The van der Waals surface area contributed by atoms with E-state index in [-0.39, 0.29) is 12.5 Å². The summed E-state index contributed by atoms with van der Waals surface area (Å²) in [7, 11) is 0. The molecule has 3 aromatic rings. The molecule has 6 nitrogen and oxygen atoms in total. The highest BCUT2D eigenvalue weighted by Crippen LogP contribution is 2.15. The van der Waals surface area contributed by atoms with Gasteiger partial charge in [0.2, 0.25) is 5.91 Å². The van der Waals surface area contributed by atoms with Gasteiger partial charge >= 0.3 is 0 Å². The molecule has 0 atom stereocenters. The highest BCUT2D eigenvalue weighted by molar-refractivity contribution is 6.31. The van der Waals surface area contributed by atoms with Gasteiger partial charge in [0.15, 0.2) is 5.82 Å². The normalized spacial score (nSPS) is 10.9. The molecule has 0 aliphatic carbocycles. The number of carbonyl (C=O) groups is 1. The number of nitrogens with one attached hydrogen (secondary N) is 1.